The van der Waals surface area contributed by atoms with Gasteiger partial charge in [0, 0.05) is 18.8 Å². The number of hydrogen-bond acceptors (Lipinski definition) is 2. The first kappa shape index (κ1) is 13.6. The molecule has 0 fully saturated rings. The molecule has 0 aromatic heterocycles. The summed E-state index contributed by atoms with van der Waals surface area (Å²) >= 11 is 0. The van der Waals surface area contributed by atoms with E-state index in [1.54, 1.807) is 6.07 Å². The molecule has 21 heavy (non-hydrogen) atoms. The number of carboxylic acids is 1. The van der Waals surface area contributed by atoms with E-state index >= 15 is 0 Å². The van der Waals surface area contributed by atoms with E-state index in [0.717, 1.165) is 35.3 Å². The zero-order valence-electron chi connectivity index (χ0n) is 11.6. The lowest BCUT2D eigenvalue weighted by Crippen LogP contribution is -2.21. The van der Waals surface area contributed by atoms with Gasteiger partial charge >= 0.3 is 5.97 Å². The smallest absolute Gasteiger partial charge is 0.307 e. The van der Waals surface area contributed by atoms with Crippen molar-refractivity contribution in [2.45, 2.75) is 19.4 Å². The van der Waals surface area contributed by atoms with Crippen LogP contribution in [-0.2, 0) is 24.2 Å². The third-order valence-electron chi connectivity index (χ3n) is 3.86. The molecule has 1 aliphatic rings. The number of nitrogens with zero attached hydrogens (tertiary/aromatic N) is 1. The van der Waals surface area contributed by atoms with Crippen molar-refractivity contribution in [1.82, 2.24) is 0 Å². The van der Waals surface area contributed by atoms with Gasteiger partial charge in [-0.15, -0.1) is 0 Å². The average molecular weight is 285 g/mol. The van der Waals surface area contributed by atoms with Crippen molar-refractivity contribution < 1.29 is 14.3 Å². The molecule has 1 aliphatic heterocycles. The molecule has 0 atom stereocenters. The van der Waals surface area contributed by atoms with Crippen LogP contribution in [0.1, 0.15) is 16.7 Å². The van der Waals surface area contributed by atoms with Gasteiger partial charge in [-0.25, -0.2) is 4.39 Å². The molecule has 0 spiro atoms. The molecule has 0 amide bonds. The number of rotatable bonds is 4. The fourth-order valence-corrected chi connectivity index (χ4v) is 2.84. The Bertz CT molecular complexity index is 684. The van der Waals surface area contributed by atoms with Crippen molar-refractivity contribution in [3.8, 4) is 0 Å². The van der Waals surface area contributed by atoms with Crippen molar-refractivity contribution in [2.75, 3.05) is 11.4 Å². The SMILES string of the molecule is O=C(O)Cc1ccccc1CN1CCc2ccc(F)cc21. The average Bonchev–Trinajstić information content (AvgIpc) is 2.83. The summed E-state index contributed by atoms with van der Waals surface area (Å²) < 4.78 is 13.4. The number of fused-ring (bicyclic) bond motifs is 1. The topological polar surface area (TPSA) is 40.5 Å². The van der Waals surface area contributed by atoms with Gasteiger partial charge in [-0.05, 0) is 35.2 Å². The van der Waals surface area contributed by atoms with Crippen molar-refractivity contribution in [1.29, 1.82) is 0 Å². The van der Waals surface area contributed by atoms with Gasteiger partial charge in [-0.1, -0.05) is 30.3 Å². The zero-order valence-corrected chi connectivity index (χ0v) is 11.6. The van der Waals surface area contributed by atoms with Crippen LogP contribution < -0.4 is 4.90 Å². The minimum atomic E-state index is -0.838. The minimum absolute atomic E-state index is 0.0139. The van der Waals surface area contributed by atoms with E-state index in [9.17, 15) is 9.18 Å². The van der Waals surface area contributed by atoms with Crippen LogP contribution in [0.2, 0.25) is 0 Å². The molecule has 0 radical (unpaired) electrons. The normalized spacial score (nSPS) is 13.3. The van der Waals surface area contributed by atoms with Crippen molar-refractivity contribution in [3.05, 3.63) is 65.0 Å². The van der Waals surface area contributed by atoms with Crippen molar-refractivity contribution in [3.63, 3.8) is 0 Å². The van der Waals surface area contributed by atoms with E-state index in [4.69, 9.17) is 5.11 Å². The van der Waals surface area contributed by atoms with Gasteiger partial charge < -0.3 is 10.0 Å². The van der Waals surface area contributed by atoms with Crippen LogP contribution in [-0.4, -0.2) is 17.6 Å². The van der Waals surface area contributed by atoms with E-state index in [1.807, 2.05) is 30.3 Å². The molecule has 3 nitrogen and oxygen atoms in total. The van der Waals surface area contributed by atoms with E-state index in [-0.39, 0.29) is 12.2 Å². The summed E-state index contributed by atoms with van der Waals surface area (Å²) in [5.41, 5.74) is 3.86. The molecule has 0 saturated carbocycles. The molecule has 0 saturated heterocycles. The van der Waals surface area contributed by atoms with E-state index in [1.165, 1.54) is 6.07 Å². The molecule has 0 unspecified atom stereocenters. The molecule has 0 bridgehead atoms. The second-order valence-corrected chi connectivity index (χ2v) is 5.28. The third kappa shape index (κ3) is 2.89. The minimum Gasteiger partial charge on any atom is -0.481 e. The maximum atomic E-state index is 13.4. The molecular weight excluding hydrogens is 269 g/mol. The molecule has 3 rings (SSSR count). The Labute approximate surface area is 122 Å². The highest BCUT2D eigenvalue weighted by atomic mass is 19.1. The van der Waals surface area contributed by atoms with Crippen LogP contribution in [0.4, 0.5) is 10.1 Å². The number of carbonyl (C=O) groups is 1. The number of halogens is 1. The molecule has 4 heteroatoms. The number of anilines is 1. The monoisotopic (exact) mass is 285 g/mol. The van der Waals surface area contributed by atoms with Crippen LogP contribution in [0.15, 0.2) is 42.5 Å². The predicted octanol–water partition coefficient (Wildman–Crippen LogP) is 3.02. The fraction of sp³-hybridized carbons (Fsp3) is 0.235. The Morgan fingerprint density at radius 3 is 2.71 bits per heavy atom. The Hall–Kier alpha value is -2.36. The van der Waals surface area contributed by atoms with Gasteiger partial charge in [-0.3, -0.25) is 4.79 Å². The number of hydrogen-bond donors (Lipinski definition) is 1. The van der Waals surface area contributed by atoms with Crippen LogP contribution >= 0.6 is 0 Å². The van der Waals surface area contributed by atoms with Crippen molar-refractivity contribution in [2.24, 2.45) is 0 Å². The standard InChI is InChI=1S/C17H16FNO2/c18-15-6-5-12-7-8-19(16(12)10-15)11-14-4-2-1-3-13(14)9-17(20)21/h1-6,10H,7-9,11H2,(H,20,21). The third-order valence-corrected chi connectivity index (χ3v) is 3.86. The Morgan fingerprint density at radius 1 is 1.19 bits per heavy atom. The van der Waals surface area contributed by atoms with Gasteiger partial charge in [0.15, 0.2) is 0 Å². The summed E-state index contributed by atoms with van der Waals surface area (Å²) in [6.45, 7) is 1.44. The van der Waals surface area contributed by atoms with E-state index < -0.39 is 5.97 Å². The first-order valence-electron chi connectivity index (χ1n) is 6.95. The van der Waals surface area contributed by atoms with Crippen LogP contribution in [0.25, 0.3) is 0 Å². The summed E-state index contributed by atoms with van der Waals surface area (Å²) in [4.78, 5) is 13.0. The van der Waals surface area contributed by atoms with Gasteiger partial charge in [-0.2, -0.15) is 0 Å². The highest BCUT2D eigenvalue weighted by molar-refractivity contribution is 5.71. The number of aliphatic carboxylic acids is 1. The second kappa shape index (κ2) is 5.56. The largest absolute Gasteiger partial charge is 0.481 e. The van der Waals surface area contributed by atoms with Crippen LogP contribution in [0.5, 0.6) is 0 Å². The molecule has 2 aromatic carbocycles. The van der Waals surface area contributed by atoms with E-state index in [0.29, 0.717) is 6.54 Å². The van der Waals surface area contributed by atoms with Gasteiger partial charge in [0.05, 0.1) is 6.42 Å². The van der Waals surface area contributed by atoms with Crippen LogP contribution in [0.3, 0.4) is 0 Å². The Morgan fingerprint density at radius 2 is 1.95 bits per heavy atom. The lowest BCUT2D eigenvalue weighted by atomic mass is 10.0. The van der Waals surface area contributed by atoms with Gasteiger partial charge in [0.25, 0.3) is 0 Å². The van der Waals surface area contributed by atoms with Crippen molar-refractivity contribution >= 4 is 11.7 Å². The summed E-state index contributed by atoms with van der Waals surface area (Å²) in [5, 5.41) is 8.98. The predicted molar refractivity (Wildman–Crippen MR) is 78.9 cm³/mol. The molecule has 0 aliphatic carbocycles. The maximum Gasteiger partial charge on any atom is 0.307 e. The molecule has 1 heterocycles. The fourth-order valence-electron chi connectivity index (χ4n) is 2.84. The summed E-state index contributed by atoms with van der Waals surface area (Å²) in [6, 6.07) is 12.4. The van der Waals surface area contributed by atoms with Gasteiger partial charge in [0.2, 0.25) is 0 Å². The molecule has 2 aromatic rings. The summed E-state index contributed by atoms with van der Waals surface area (Å²) in [7, 11) is 0. The zero-order chi connectivity index (χ0) is 14.8. The Balaban J connectivity index is 1.86. The van der Waals surface area contributed by atoms with E-state index in [2.05, 4.69) is 4.90 Å². The quantitative estimate of drug-likeness (QED) is 0.938. The number of benzene rings is 2. The molecule has 1 N–H and O–H groups in total. The van der Waals surface area contributed by atoms with Crippen LogP contribution in [0, 0.1) is 5.82 Å². The number of carboxylic acid groups (broad SMARTS) is 1. The highest BCUT2D eigenvalue weighted by Gasteiger charge is 2.20. The van der Waals surface area contributed by atoms with Gasteiger partial charge in [0.1, 0.15) is 5.82 Å². The Kier molecular flexibility index (Phi) is 3.60. The molecule has 108 valence electrons. The first-order chi connectivity index (χ1) is 10.1. The highest BCUT2D eigenvalue weighted by Crippen LogP contribution is 2.30. The maximum absolute atomic E-state index is 13.4. The first-order valence-corrected chi connectivity index (χ1v) is 6.95. The lowest BCUT2D eigenvalue weighted by Gasteiger charge is -2.21. The molecular formula is C17H16FNO2. The second-order valence-electron chi connectivity index (χ2n) is 5.28. The summed E-state index contributed by atoms with van der Waals surface area (Å²) in [6.07, 6.45) is 0.913. The summed E-state index contributed by atoms with van der Waals surface area (Å²) in [5.74, 6) is -1.07. The lowest BCUT2D eigenvalue weighted by molar-refractivity contribution is -0.136.